The molecule has 1 aliphatic heterocycles. The van der Waals surface area contributed by atoms with E-state index in [-0.39, 0.29) is 0 Å². The van der Waals surface area contributed by atoms with Gasteiger partial charge in [-0.15, -0.1) is 0 Å². The number of ether oxygens (including phenoxy) is 1. The molecular formula is C9H11BrN2OS. The van der Waals surface area contributed by atoms with E-state index in [4.69, 9.17) is 17.0 Å². The fourth-order valence-electron chi connectivity index (χ4n) is 1.57. The van der Waals surface area contributed by atoms with Crippen LogP contribution >= 0.6 is 28.1 Å². The summed E-state index contributed by atoms with van der Waals surface area (Å²) in [5.74, 6) is 1.46. The molecule has 1 aromatic heterocycles. The molecule has 14 heavy (non-hydrogen) atoms. The first-order valence-corrected chi connectivity index (χ1v) is 5.80. The molecule has 0 amide bonds. The Hall–Kier alpha value is -0.260. The predicted octanol–water partition coefficient (Wildman–Crippen LogP) is 2.80. The first-order chi connectivity index (χ1) is 6.77. The largest absolute Gasteiger partial charge is 0.381 e. The summed E-state index contributed by atoms with van der Waals surface area (Å²) in [6.07, 6.45) is 3.82. The smallest absolute Gasteiger partial charge is 0.120 e. The molecule has 3 nitrogen and oxygen atoms in total. The predicted molar refractivity (Wildman–Crippen MR) is 59.9 cm³/mol. The Morgan fingerprint density at radius 3 is 2.86 bits per heavy atom. The van der Waals surface area contributed by atoms with Crippen molar-refractivity contribution in [3.8, 4) is 0 Å². The van der Waals surface area contributed by atoms with Crippen molar-refractivity contribution in [2.45, 2.75) is 18.8 Å². The molecule has 0 aliphatic carbocycles. The van der Waals surface area contributed by atoms with Crippen molar-refractivity contribution in [1.29, 1.82) is 0 Å². The van der Waals surface area contributed by atoms with Gasteiger partial charge in [0.1, 0.15) is 10.5 Å². The maximum atomic E-state index is 5.30. The number of nitrogens with zero attached hydrogens (tertiary/aromatic N) is 1. The Kier molecular flexibility index (Phi) is 3.30. The second-order valence-corrected chi connectivity index (χ2v) is 4.59. The van der Waals surface area contributed by atoms with E-state index in [9.17, 15) is 0 Å². The summed E-state index contributed by atoms with van der Waals surface area (Å²) < 4.78 is 6.87. The van der Waals surface area contributed by atoms with Gasteiger partial charge in [0.2, 0.25) is 0 Å². The zero-order chi connectivity index (χ0) is 9.97. The molecule has 1 aliphatic rings. The van der Waals surface area contributed by atoms with Gasteiger partial charge in [-0.3, -0.25) is 0 Å². The maximum absolute atomic E-state index is 5.30. The summed E-state index contributed by atoms with van der Waals surface area (Å²) in [6, 6.07) is 0. The molecule has 5 heteroatoms. The summed E-state index contributed by atoms with van der Waals surface area (Å²) in [5.41, 5.74) is 0. The number of hydrogen-bond acceptors (Lipinski definition) is 3. The van der Waals surface area contributed by atoms with Crippen LogP contribution in [0.25, 0.3) is 0 Å². The second kappa shape index (κ2) is 4.51. The van der Waals surface area contributed by atoms with Gasteiger partial charge in [-0.05, 0) is 28.8 Å². The Morgan fingerprint density at radius 2 is 2.21 bits per heavy atom. The minimum Gasteiger partial charge on any atom is -0.381 e. The minimum atomic E-state index is 0.471. The molecule has 2 heterocycles. The average Bonchev–Trinajstić information content (AvgIpc) is 2.23. The molecule has 0 aromatic carbocycles. The lowest BCUT2D eigenvalue weighted by Gasteiger charge is -2.20. The molecule has 2 rings (SSSR count). The van der Waals surface area contributed by atoms with Crippen LogP contribution in [0.1, 0.15) is 24.6 Å². The molecule has 0 saturated carbocycles. The van der Waals surface area contributed by atoms with Crippen molar-refractivity contribution in [3.63, 3.8) is 0 Å². The Morgan fingerprint density at radius 1 is 1.50 bits per heavy atom. The van der Waals surface area contributed by atoms with Gasteiger partial charge in [0.25, 0.3) is 0 Å². The number of aromatic nitrogens is 2. The lowest BCUT2D eigenvalue weighted by atomic mass is 10.00. The fourth-order valence-corrected chi connectivity index (χ4v) is 1.93. The van der Waals surface area contributed by atoms with Crippen LogP contribution in [0.2, 0.25) is 0 Å². The molecular weight excluding hydrogens is 264 g/mol. The topological polar surface area (TPSA) is 37.9 Å². The monoisotopic (exact) mass is 274 g/mol. The van der Waals surface area contributed by atoms with Crippen molar-refractivity contribution in [3.05, 3.63) is 21.1 Å². The molecule has 0 atom stereocenters. The molecule has 1 aromatic rings. The van der Waals surface area contributed by atoms with Crippen LogP contribution in [0.5, 0.6) is 0 Å². The first-order valence-electron chi connectivity index (χ1n) is 4.60. The normalized spacial score (nSPS) is 18.4. The van der Waals surface area contributed by atoms with Crippen LogP contribution in [0.3, 0.4) is 0 Å². The second-order valence-electron chi connectivity index (χ2n) is 3.33. The molecule has 0 unspecified atom stereocenters. The molecule has 76 valence electrons. The highest BCUT2D eigenvalue weighted by Gasteiger charge is 2.17. The van der Waals surface area contributed by atoms with E-state index >= 15 is 0 Å². The van der Waals surface area contributed by atoms with E-state index in [0.29, 0.717) is 5.92 Å². The average molecular weight is 275 g/mol. The highest BCUT2D eigenvalue weighted by Crippen LogP contribution is 2.24. The van der Waals surface area contributed by atoms with Gasteiger partial charge in [0.05, 0.1) is 4.47 Å². The van der Waals surface area contributed by atoms with Gasteiger partial charge in [-0.25, -0.2) is 4.98 Å². The number of rotatable bonds is 1. The van der Waals surface area contributed by atoms with Crippen molar-refractivity contribution in [1.82, 2.24) is 9.97 Å². The number of aromatic amines is 1. The summed E-state index contributed by atoms with van der Waals surface area (Å²) in [7, 11) is 0. The lowest BCUT2D eigenvalue weighted by Crippen LogP contribution is -2.16. The maximum Gasteiger partial charge on any atom is 0.120 e. The standard InChI is InChI=1S/C9H11BrN2OS/c10-7-5-11-8(12-9(7)14)6-1-3-13-4-2-6/h5-6H,1-4H2,(H,11,12,14). The van der Waals surface area contributed by atoms with Crippen LogP contribution < -0.4 is 0 Å². The van der Waals surface area contributed by atoms with Gasteiger partial charge in [0, 0.05) is 25.3 Å². The third kappa shape index (κ3) is 2.21. The van der Waals surface area contributed by atoms with Crippen molar-refractivity contribution in [2.75, 3.05) is 13.2 Å². The SMILES string of the molecule is S=c1[nH]c(C2CCOCC2)ncc1Br. The minimum absolute atomic E-state index is 0.471. The molecule has 0 radical (unpaired) electrons. The lowest BCUT2D eigenvalue weighted by molar-refractivity contribution is 0.0835. The Bertz CT molecular complexity index is 373. The van der Waals surface area contributed by atoms with E-state index in [1.54, 1.807) is 6.20 Å². The first kappa shape index (κ1) is 10.3. The van der Waals surface area contributed by atoms with Crippen LogP contribution in [0, 0.1) is 4.64 Å². The third-order valence-corrected chi connectivity index (χ3v) is 3.57. The van der Waals surface area contributed by atoms with Crippen molar-refractivity contribution < 1.29 is 4.74 Å². The van der Waals surface area contributed by atoms with Gasteiger partial charge >= 0.3 is 0 Å². The van der Waals surface area contributed by atoms with Crippen molar-refractivity contribution in [2.24, 2.45) is 0 Å². The number of halogens is 1. The van der Waals surface area contributed by atoms with Gasteiger partial charge < -0.3 is 9.72 Å². The van der Waals surface area contributed by atoms with E-state index in [1.165, 1.54) is 0 Å². The highest BCUT2D eigenvalue weighted by atomic mass is 79.9. The van der Waals surface area contributed by atoms with E-state index in [0.717, 1.165) is 41.0 Å². The number of hydrogen-bond donors (Lipinski definition) is 1. The quantitative estimate of drug-likeness (QED) is 0.801. The number of H-pyrrole nitrogens is 1. The summed E-state index contributed by atoms with van der Waals surface area (Å²) in [6.45, 7) is 1.64. The van der Waals surface area contributed by atoms with Gasteiger partial charge in [-0.2, -0.15) is 0 Å². The summed E-state index contributed by atoms with van der Waals surface area (Å²) >= 11 is 8.47. The molecule has 0 bridgehead atoms. The molecule has 0 spiro atoms. The zero-order valence-electron chi connectivity index (χ0n) is 7.62. The van der Waals surface area contributed by atoms with E-state index < -0.39 is 0 Å². The molecule has 1 N–H and O–H groups in total. The zero-order valence-corrected chi connectivity index (χ0v) is 10.0. The molecule has 1 saturated heterocycles. The van der Waals surface area contributed by atoms with Crippen LogP contribution in [-0.2, 0) is 4.74 Å². The van der Waals surface area contributed by atoms with E-state index in [2.05, 4.69) is 25.9 Å². The van der Waals surface area contributed by atoms with Crippen LogP contribution in [0.15, 0.2) is 10.7 Å². The molecule has 1 fully saturated rings. The highest BCUT2D eigenvalue weighted by molar-refractivity contribution is 9.10. The Labute approximate surface area is 96.0 Å². The number of nitrogens with one attached hydrogen (secondary N) is 1. The van der Waals surface area contributed by atoms with Crippen LogP contribution in [0.4, 0.5) is 0 Å². The van der Waals surface area contributed by atoms with Gasteiger partial charge in [-0.1, -0.05) is 12.2 Å². The Balaban J connectivity index is 2.23. The fraction of sp³-hybridized carbons (Fsp3) is 0.556. The van der Waals surface area contributed by atoms with Crippen LogP contribution in [-0.4, -0.2) is 23.2 Å². The summed E-state index contributed by atoms with van der Waals surface area (Å²) in [4.78, 5) is 7.48. The van der Waals surface area contributed by atoms with Crippen molar-refractivity contribution >= 4 is 28.1 Å². The van der Waals surface area contributed by atoms with Gasteiger partial charge in [0.15, 0.2) is 0 Å². The third-order valence-electron chi connectivity index (χ3n) is 2.38. The summed E-state index contributed by atoms with van der Waals surface area (Å²) in [5, 5.41) is 0. The van der Waals surface area contributed by atoms with E-state index in [1.807, 2.05) is 0 Å².